The van der Waals surface area contributed by atoms with Crippen molar-refractivity contribution < 1.29 is 18.0 Å². The van der Waals surface area contributed by atoms with E-state index in [1.54, 1.807) is 14.1 Å². The topological polar surface area (TPSA) is 81.7 Å². The number of carbonyl (C=O) groups excluding carboxylic acids is 1. The van der Waals surface area contributed by atoms with E-state index in [2.05, 4.69) is 30.8 Å². The minimum absolute atomic E-state index is 0. The van der Waals surface area contributed by atoms with Crippen LogP contribution in [0.2, 0.25) is 0 Å². The number of rotatable bonds is 5. The molecule has 1 amide bonds. The largest absolute Gasteiger partial charge is 0.434 e. The van der Waals surface area contributed by atoms with E-state index in [0.717, 1.165) is 42.6 Å². The summed E-state index contributed by atoms with van der Waals surface area (Å²) in [5, 5.41) is 10.2. The molecule has 154 valence electrons. The Bertz CT molecular complexity index is 631. The van der Waals surface area contributed by atoms with Gasteiger partial charge in [0.1, 0.15) is 5.01 Å². The van der Waals surface area contributed by atoms with Gasteiger partial charge in [0.05, 0.1) is 13.1 Å². The third kappa shape index (κ3) is 7.78. The van der Waals surface area contributed by atoms with Crippen molar-refractivity contribution >= 4 is 47.2 Å². The molecule has 1 aromatic heterocycles. The van der Waals surface area contributed by atoms with Gasteiger partial charge in [-0.3, -0.25) is 14.7 Å². The highest BCUT2D eigenvalue weighted by molar-refractivity contribution is 14.0. The number of nitrogens with one attached hydrogen (secondary N) is 3. The van der Waals surface area contributed by atoms with Gasteiger partial charge in [0.25, 0.3) is 0 Å². The van der Waals surface area contributed by atoms with E-state index in [4.69, 9.17) is 0 Å². The van der Waals surface area contributed by atoms with E-state index in [1.165, 1.54) is 0 Å². The zero-order valence-electron chi connectivity index (χ0n) is 15.1. The maximum atomic E-state index is 12.6. The molecule has 1 aromatic rings. The molecule has 1 saturated heterocycles. The number of likely N-dealkylation sites (tertiary alicyclic amines) is 1. The first-order chi connectivity index (χ1) is 12.3. The molecular weight excluding hydrogens is 496 g/mol. The molecule has 1 aliphatic heterocycles. The monoisotopic (exact) mass is 520 g/mol. The van der Waals surface area contributed by atoms with Crippen molar-refractivity contribution in [2.45, 2.75) is 31.6 Å². The van der Waals surface area contributed by atoms with Gasteiger partial charge in [0.15, 0.2) is 11.7 Å². The number of likely N-dealkylation sites (N-methyl/N-ethyl adjacent to an activating group) is 1. The Labute approximate surface area is 177 Å². The summed E-state index contributed by atoms with van der Waals surface area (Å²) in [4.78, 5) is 21.2. The van der Waals surface area contributed by atoms with E-state index in [9.17, 15) is 18.0 Å². The number of aliphatic imine (C=N–C) groups is 1. The number of thiazole rings is 1. The molecule has 3 N–H and O–H groups in total. The zero-order chi connectivity index (χ0) is 19.2. The van der Waals surface area contributed by atoms with Gasteiger partial charge >= 0.3 is 6.18 Å². The maximum absolute atomic E-state index is 12.6. The van der Waals surface area contributed by atoms with Gasteiger partial charge in [0.2, 0.25) is 5.91 Å². The average molecular weight is 520 g/mol. The number of hydrogen-bond donors (Lipinski definition) is 3. The minimum Gasteiger partial charge on any atom is -0.358 e. The van der Waals surface area contributed by atoms with E-state index < -0.39 is 11.9 Å². The lowest BCUT2D eigenvalue weighted by Gasteiger charge is -2.32. The van der Waals surface area contributed by atoms with Gasteiger partial charge in [0, 0.05) is 38.6 Å². The highest BCUT2D eigenvalue weighted by Crippen LogP contribution is 2.29. The predicted molar refractivity (Wildman–Crippen MR) is 109 cm³/mol. The van der Waals surface area contributed by atoms with Gasteiger partial charge < -0.3 is 16.0 Å². The minimum atomic E-state index is -4.42. The van der Waals surface area contributed by atoms with E-state index in [1.807, 2.05) is 0 Å². The quantitative estimate of drug-likeness (QED) is 0.313. The molecule has 0 bridgehead atoms. The third-order valence-electron chi connectivity index (χ3n) is 4.05. The summed E-state index contributed by atoms with van der Waals surface area (Å²) in [6, 6.07) is 0.198. The number of carbonyl (C=O) groups is 1. The lowest BCUT2D eigenvalue weighted by atomic mass is 10.1. The van der Waals surface area contributed by atoms with E-state index in [0.29, 0.717) is 17.5 Å². The maximum Gasteiger partial charge on any atom is 0.434 e. The van der Waals surface area contributed by atoms with Crippen LogP contribution in [-0.4, -0.2) is 61.5 Å². The van der Waals surface area contributed by atoms with Gasteiger partial charge in [-0.15, -0.1) is 35.3 Å². The molecule has 0 aliphatic carbocycles. The average Bonchev–Trinajstić information content (AvgIpc) is 3.09. The summed E-state index contributed by atoms with van der Waals surface area (Å²) in [5.74, 6) is 0.522. The second-order valence-electron chi connectivity index (χ2n) is 5.92. The van der Waals surface area contributed by atoms with Crippen LogP contribution in [-0.2, 0) is 17.5 Å². The Balaban J connectivity index is 0.00000364. The summed E-state index contributed by atoms with van der Waals surface area (Å²) in [6.07, 6.45) is -2.71. The fourth-order valence-corrected chi connectivity index (χ4v) is 3.33. The van der Waals surface area contributed by atoms with Crippen LogP contribution in [0.25, 0.3) is 0 Å². The van der Waals surface area contributed by atoms with Gasteiger partial charge in [-0.1, -0.05) is 0 Å². The van der Waals surface area contributed by atoms with Crippen LogP contribution in [0.1, 0.15) is 23.5 Å². The number of guanidine groups is 1. The van der Waals surface area contributed by atoms with Crippen molar-refractivity contribution in [1.82, 2.24) is 25.8 Å². The normalized spacial score (nSPS) is 16.6. The number of amides is 1. The van der Waals surface area contributed by atoms with Crippen molar-refractivity contribution in [3.63, 3.8) is 0 Å². The van der Waals surface area contributed by atoms with Gasteiger partial charge in [-0.25, -0.2) is 4.98 Å². The Morgan fingerprint density at radius 2 is 2.07 bits per heavy atom. The van der Waals surface area contributed by atoms with Crippen molar-refractivity contribution in [1.29, 1.82) is 0 Å². The van der Waals surface area contributed by atoms with Crippen LogP contribution in [0.4, 0.5) is 13.2 Å². The predicted octanol–water partition coefficient (Wildman–Crippen LogP) is 1.66. The number of piperidine rings is 1. The molecule has 0 spiro atoms. The Morgan fingerprint density at radius 3 is 2.59 bits per heavy atom. The molecule has 12 heteroatoms. The van der Waals surface area contributed by atoms with Crippen LogP contribution < -0.4 is 16.0 Å². The van der Waals surface area contributed by atoms with E-state index in [-0.39, 0.29) is 42.5 Å². The molecule has 2 heterocycles. The second kappa shape index (κ2) is 11.0. The van der Waals surface area contributed by atoms with Crippen molar-refractivity contribution in [2.75, 3.05) is 33.7 Å². The Kier molecular flexibility index (Phi) is 9.73. The van der Waals surface area contributed by atoms with E-state index >= 15 is 0 Å². The first-order valence-corrected chi connectivity index (χ1v) is 9.11. The zero-order valence-corrected chi connectivity index (χ0v) is 18.2. The summed E-state index contributed by atoms with van der Waals surface area (Å²) in [6.45, 7) is 2.16. The van der Waals surface area contributed by atoms with Crippen LogP contribution in [0.15, 0.2) is 10.4 Å². The third-order valence-corrected chi connectivity index (χ3v) is 4.90. The first-order valence-electron chi connectivity index (χ1n) is 8.23. The Hall–Kier alpha value is -1.15. The van der Waals surface area contributed by atoms with Gasteiger partial charge in [-0.05, 0) is 12.8 Å². The molecule has 1 fully saturated rings. The number of hydrogen-bond acceptors (Lipinski definition) is 5. The molecule has 0 unspecified atom stereocenters. The molecule has 0 atom stereocenters. The molecule has 7 nitrogen and oxygen atoms in total. The van der Waals surface area contributed by atoms with Crippen LogP contribution in [0.5, 0.6) is 0 Å². The second-order valence-corrected chi connectivity index (χ2v) is 6.86. The van der Waals surface area contributed by atoms with Crippen molar-refractivity contribution in [3.8, 4) is 0 Å². The molecule has 1 aliphatic rings. The number of nitrogens with zero attached hydrogens (tertiary/aromatic N) is 3. The highest BCUT2D eigenvalue weighted by Gasteiger charge is 2.33. The van der Waals surface area contributed by atoms with Crippen LogP contribution >= 0.6 is 35.3 Å². The summed E-state index contributed by atoms with van der Waals surface area (Å²) in [5.41, 5.74) is -0.870. The van der Waals surface area contributed by atoms with Crippen molar-refractivity contribution in [3.05, 3.63) is 16.1 Å². The molecule has 0 aromatic carbocycles. The smallest absolute Gasteiger partial charge is 0.358 e. The number of halogens is 4. The molecule has 0 radical (unpaired) electrons. The molecule has 2 rings (SSSR count). The van der Waals surface area contributed by atoms with Crippen molar-refractivity contribution in [2.24, 2.45) is 4.99 Å². The molecular formula is C15H24F3IN6OS. The number of alkyl halides is 3. The number of aromatic nitrogens is 1. The first kappa shape index (κ1) is 23.9. The lowest BCUT2D eigenvalue weighted by Crippen LogP contribution is -2.49. The van der Waals surface area contributed by atoms with Crippen LogP contribution in [0, 0.1) is 0 Å². The highest BCUT2D eigenvalue weighted by atomic mass is 127. The fraction of sp³-hybridized carbons (Fsp3) is 0.667. The summed E-state index contributed by atoms with van der Waals surface area (Å²) >= 11 is 0.962. The fourth-order valence-electron chi connectivity index (χ4n) is 2.59. The lowest BCUT2D eigenvalue weighted by molar-refractivity contribution is -0.140. The van der Waals surface area contributed by atoms with Crippen LogP contribution in [0.3, 0.4) is 0 Å². The summed E-state index contributed by atoms with van der Waals surface area (Å²) in [7, 11) is 3.23. The summed E-state index contributed by atoms with van der Waals surface area (Å²) < 4.78 is 37.7. The van der Waals surface area contributed by atoms with Gasteiger partial charge in [-0.2, -0.15) is 13.2 Å². The molecule has 0 saturated carbocycles. The Morgan fingerprint density at radius 1 is 1.41 bits per heavy atom. The standard InChI is InChI=1S/C15H23F3N6OS.HI/c1-19-12(25)8-24-5-3-10(4-6-24)22-14(20-2)21-7-13-23-11(9-26-13)15(16,17)18;/h9-10H,3-8H2,1-2H3,(H,19,25)(H2,20,21,22);1H. The SMILES string of the molecule is CN=C(NCc1nc(C(F)(F)F)cs1)NC1CCN(CC(=O)NC)CC1.I. The molecule has 27 heavy (non-hydrogen) atoms.